The van der Waals surface area contributed by atoms with E-state index in [-0.39, 0.29) is 0 Å². The van der Waals surface area contributed by atoms with Gasteiger partial charge in [-0.25, -0.2) is 4.98 Å². The van der Waals surface area contributed by atoms with Crippen LogP contribution in [0.1, 0.15) is 0 Å². The van der Waals surface area contributed by atoms with Crippen molar-refractivity contribution < 1.29 is 4.55 Å². The van der Waals surface area contributed by atoms with Crippen molar-refractivity contribution in [2.24, 2.45) is 0 Å². The van der Waals surface area contributed by atoms with Crippen molar-refractivity contribution in [3.63, 3.8) is 0 Å². The van der Waals surface area contributed by atoms with Gasteiger partial charge < -0.3 is 4.55 Å². The summed E-state index contributed by atoms with van der Waals surface area (Å²) in [4.78, 5) is 3.94. The molecule has 1 N–H and O–H groups in total. The molecule has 12 heavy (non-hydrogen) atoms. The lowest BCUT2D eigenvalue weighted by Crippen LogP contribution is -1.70. The van der Waals surface area contributed by atoms with Crippen molar-refractivity contribution >= 4 is 45.1 Å². The summed E-state index contributed by atoms with van der Waals surface area (Å²) in [6.07, 6.45) is 1.66. The molecule has 2 aromatic rings. The quantitative estimate of drug-likeness (QED) is 0.586. The van der Waals surface area contributed by atoms with Crippen LogP contribution in [0.25, 0.3) is 10.1 Å². The molecule has 2 aromatic heterocycles. The van der Waals surface area contributed by atoms with Crippen molar-refractivity contribution in [3.05, 3.63) is 23.5 Å². The first-order valence-corrected chi connectivity index (χ1v) is 5.13. The standard InChI is InChI=1S/C7H4ClNOS2/c8-7-4-3-6(12-10)11-5(4)1-2-9-7/h1-3,10H. The molecule has 2 rings (SSSR count). The van der Waals surface area contributed by atoms with E-state index in [9.17, 15) is 0 Å². The topological polar surface area (TPSA) is 33.1 Å². The van der Waals surface area contributed by atoms with Crippen molar-refractivity contribution in [3.8, 4) is 0 Å². The number of hydrogen-bond acceptors (Lipinski definition) is 4. The summed E-state index contributed by atoms with van der Waals surface area (Å²) < 4.78 is 10.7. The van der Waals surface area contributed by atoms with Crippen molar-refractivity contribution in [1.29, 1.82) is 0 Å². The summed E-state index contributed by atoms with van der Waals surface area (Å²) in [5, 5.41) is 1.39. The maximum atomic E-state index is 8.79. The minimum atomic E-state index is 0.490. The number of halogens is 1. The third-order valence-electron chi connectivity index (χ3n) is 1.46. The summed E-state index contributed by atoms with van der Waals surface area (Å²) in [6, 6.07) is 3.71. The van der Waals surface area contributed by atoms with Crippen molar-refractivity contribution in [2.45, 2.75) is 4.21 Å². The minimum Gasteiger partial charge on any atom is -0.325 e. The van der Waals surface area contributed by atoms with Gasteiger partial charge in [-0.2, -0.15) is 0 Å². The van der Waals surface area contributed by atoms with E-state index < -0.39 is 0 Å². The van der Waals surface area contributed by atoms with Gasteiger partial charge in [0, 0.05) is 28.3 Å². The monoisotopic (exact) mass is 217 g/mol. The Morgan fingerprint density at radius 3 is 3.08 bits per heavy atom. The molecule has 0 amide bonds. The predicted molar refractivity (Wildman–Crippen MR) is 53.1 cm³/mol. The Bertz CT molecular complexity index is 415. The van der Waals surface area contributed by atoms with E-state index in [0.717, 1.165) is 26.3 Å². The van der Waals surface area contributed by atoms with Crippen molar-refractivity contribution in [1.82, 2.24) is 4.98 Å². The lowest BCUT2D eigenvalue weighted by molar-refractivity contribution is 0.665. The Morgan fingerprint density at radius 1 is 1.58 bits per heavy atom. The smallest absolute Gasteiger partial charge is 0.137 e. The minimum absolute atomic E-state index is 0.490. The normalized spacial score (nSPS) is 10.8. The maximum Gasteiger partial charge on any atom is 0.137 e. The third kappa shape index (κ3) is 1.31. The predicted octanol–water partition coefficient (Wildman–Crippen LogP) is 3.51. The first kappa shape index (κ1) is 8.31. The van der Waals surface area contributed by atoms with Gasteiger partial charge in [0.2, 0.25) is 0 Å². The molecule has 0 fully saturated rings. The van der Waals surface area contributed by atoms with Gasteiger partial charge >= 0.3 is 0 Å². The van der Waals surface area contributed by atoms with Crippen LogP contribution in [0.5, 0.6) is 0 Å². The number of thiophene rings is 1. The fraction of sp³-hybridized carbons (Fsp3) is 0. The summed E-state index contributed by atoms with van der Waals surface area (Å²) in [5.74, 6) is 0. The SMILES string of the molecule is OSc1cc2c(Cl)nccc2s1. The first-order valence-electron chi connectivity index (χ1n) is 3.17. The molecule has 0 spiro atoms. The molecule has 0 unspecified atom stereocenters. The Balaban J connectivity index is 2.74. The van der Waals surface area contributed by atoms with Gasteiger partial charge in [0.15, 0.2) is 0 Å². The molecule has 0 aliphatic rings. The lowest BCUT2D eigenvalue weighted by Gasteiger charge is -1.88. The summed E-state index contributed by atoms with van der Waals surface area (Å²) in [6.45, 7) is 0. The van der Waals surface area contributed by atoms with E-state index in [4.69, 9.17) is 16.2 Å². The second-order valence-electron chi connectivity index (χ2n) is 2.17. The number of aromatic nitrogens is 1. The highest BCUT2D eigenvalue weighted by Crippen LogP contribution is 2.33. The van der Waals surface area contributed by atoms with Crippen LogP contribution in [-0.4, -0.2) is 9.54 Å². The molecule has 0 atom stereocenters. The van der Waals surface area contributed by atoms with Gasteiger partial charge in [-0.3, -0.25) is 0 Å². The molecule has 62 valence electrons. The van der Waals surface area contributed by atoms with E-state index >= 15 is 0 Å². The fourth-order valence-electron chi connectivity index (χ4n) is 0.952. The Hall–Kier alpha value is -0.290. The second kappa shape index (κ2) is 3.22. The van der Waals surface area contributed by atoms with Crippen molar-refractivity contribution in [2.75, 3.05) is 0 Å². The third-order valence-corrected chi connectivity index (χ3v) is 3.43. The van der Waals surface area contributed by atoms with Gasteiger partial charge in [-0.1, -0.05) is 11.6 Å². The van der Waals surface area contributed by atoms with Gasteiger partial charge in [0.1, 0.15) is 5.15 Å². The van der Waals surface area contributed by atoms with E-state index in [1.165, 1.54) is 11.3 Å². The van der Waals surface area contributed by atoms with E-state index in [1.54, 1.807) is 6.20 Å². The van der Waals surface area contributed by atoms with E-state index in [1.807, 2.05) is 12.1 Å². The molecular formula is C7H4ClNOS2. The van der Waals surface area contributed by atoms with Crippen LogP contribution in [0.4, 0.5) is 0 Å². The molecule has 0 aliphatic carbocycles. The highest BCUT2D eigenvalue weighted by Gasteiger charge is 2.04. The summed E-state index contributed by atoms with van der Waals surface area (Å²) in [7, 11) is 0. The molecule has 0 saturated heterocycles. The highest BCUT2D eigenvalue weighted by molar-refractivity contribution is 7.95. The Labute approximate surface area is 82.4 Å². The molecule has 2 nitrogen and oxygen atoms in total. The molecule has 0 saturated carbocycles. The molecule has 5 heteroatoms. The number of fused-ring (bicyclic) bond motifs is 1. The highest BCUT2D eigenvalue weighted by atomic mass is 35.5. The Morgan fingerprint density at radius 2 is 2.42 bits per heavy atom. The van der Waals surface area contributed by atoms with Crippen LogP contribution in [0.3, 0.4) is 0 Å². The largest absolute Gasteiger partial charge is 0.325 e. The molecule has 2 heterocycles. The van der Waals surface area contributed by atoms with Gasteiger partial charge in [0.25, 0.3) is 0 Å². The van der Waals surface area contributed by atoms with Crippen LogP contribution < -0.4 is 0 Å². The van der Waals surface area contributed by atoms with Gasteiger partial charge in [0.05, 0.1) is 4.21 Å². The zero-order valence-corrected chi connectivity index (χ0v) is 8.21. The van der Waals surface area contributed by atoms with Crippen LogP contribution in [0.2, 0.25) is 5.15 Å². The summed E-state index contributed by atoms with van der Waals surface area (Å²) in [5.41, 5.74) is 0. The average Bonchev–Trinajstić information content (AvgIpc) is 2.49. The molecule has 0 radical (unpaired) electrons. The first-order chi connectivity index (χ1) is 5.81. The zero-order valence-electron chi connectivity index (χ0n) is 5.82. The lowest BCUT2D eigenvalue weighted by atomic mass is 10.3. The van der Waals surface area contributed by atoms with Gasteiger partial charge in [-0.05, 0) is 12.1 Å². The van der Waals surface area contributed by atoms with E-state index in [2.05, 4.69) is 4.98 Å². The molecule has 0 aliphatic heterocycles. The van der Waals surface area contributed by atoms with Crippen LogP contribution >= 0.6 is 35.0 Å². The molecule has 0 aromatic carbocycles. The number of rotatable bonds is 1. The molecule has 0 bridgehead atoms. The maximum absolute atomic E-state index is 8.79. The summed E-state index contributed by atoms with van der Waals surface area (Å²) >= 11 is 8.07. The van der Waals surface area contributed by atoms with Crippen LogP contribution in [-0.2, 0) is 0 Å². The Kier molecular flexibility index (Phi) is 2.23. The van der Waals surface area contributed by atoms with Gasteiger partial charge in [-0.15, -0.1) is 11.3 Å². The fourth-order valence-corrected chi connectivity index (χ4v) is 2.60. The van der Waals surface area contributed by atoms with Crippen LogP contribution in [0, 0.1) is 0 Å². The number of pyridine rings is 1. The van der Waals surface area contributed by atoms with Crippen LogP contribution in [0.15, 0.2) is 22.5 Å². The number of nitrogens with zero attached hydrogens (tertiary/aromatic N) is 1. The second-order valence-corrected chi connectivity index (χ2v) is 4.49. The average molecular weight is 218 g/mol. The zero-order chi connectivity index (χ0) is 8.55. The molecular weight excluding hydrogens is 214 g/mol. The number of hydrogen-bond donors (Lipinski definition) is 1. The van der Waals surface area contributed by atoms with E-state index in [0.29, 0.717) is 5.15 Å².